The van der Waals surface area contributed by atoms with Gasteiger partial charge in [-0.2, -0.15) is 0 Å². The van der Waals surface area contributed by atoms with Crippen LogP contribution < -0.4 is 0 Å². The topological polar surface area (TPSA) is 0 Å². The monoisotopic (exact) mass is 229 g/mol. The first kappa shape index (κ1) is 10.4. The number of alkyl halides is 2. The van der Waals surface area contributed by atoms with Crippen molar-refractivity contribution in [2.24, 2.45) is 0 Å². The summed E-state index contributed by atoms with van der Waals surface area (Å²) in [6, 6.07) is 0. The number of hydrogen-bond donors (Lipinski definition) is 0. The molecular weight excluding hydrogens is 222 g/mol. The van der Waals surface area contributed by atoms with Gasteiger partial charge < -0.3 is 0 Å². The molecular formula is C3H8Cl2In. The molecule has 6 heavy (non-hydrogen) atoms. The molecule has 0 nitrogen and oxygen atoms in total. The van der Waals surface area contributed by atoms with Crippen molar-refractivity contribution < 1.29 is 0 Å². The fourth-order valence-corrected chi connectivity index (χ4v) is 0. The summed E-state index contributed by atoms with van der Waals surface area (Å²) in [6.45, 7) is 3.42. The van der Waals surface area contributed by atoms with Gasteiger partial charge in [0, 0.05) is 0 Å². The van der Waals surface area contributed by atoms with Crippen LogP contribution in [0.1, 0.15) is 6.42 Å². The first-order chi connectivity index (χ1) is 2.27. The molecule has 0 heterocycles. The molecule has 0 aliphatic heterocycles. The maximum atomic E-state index is 5.17. The van der Waals surface area contributed by atoms with Crippen LogP contribution in [0.5, 0.6) is 0 Å². The van der Waals surface area contributed by atoms with Gasteiger partial charge in [-0.25, -0.2) is 0 Å². The van der Waals surface area contributed by atoms with Crippen LogP contribution in [-0.4, -0.2) is 30.7 Å². The molecule has 0 saturated heterocycles. The Bertz CT molecular complexity index is 22.8. The van der Waals surface area contributed by atoms with Crippen LogP contribution in [0.3, 0.4) is 0 Å². The normalized spacial score (nSPS) is 8.00. The van der Waals surface area contributed by atoms with Crippen molar-refractivity contribution in [3.8, 4) is 0 Å². The molecule has 0 aliphatic carbocycles. The van der Waals surface area contributed by atoms with Crippen molar-refractivity contribution in [3.05, 3.63) is 6.92 Å². The second kappa shape index (κ2) is 6.45. The third-order valence-corrected chi connectivity index (χ3v) is 0.655. The summed E-state index contributed by atoms with van der Waals surface area (Å²) >= 11 is 10.3. The summed E-state index contributed by atoms with van der Waals surface area (Å²) in [4.78, 5) is -0.282. The standard InChI is InChI=1S/C3H5Cl2.In.3H/c1-2-3(4)5;;;;/h3H,1-2H2;;;;. The predicted octanol–water partition coefficient (Wildman–Crippen LogP) is 0.830. The van der Waals surface area contributed by atoms with Crippen molar-refractivity contribution >= 4 is 49.0 Å². The van der Waals surface area contributed by atoms with Gasteiger partial charge in [0.15, 0.2) is 0 Å². The van der Waals surface area contributed by atoms with E-state index in [0.717, 1.165) is 0 Å². The van der Waals surface area contributed by atoms with Gasteiger partial charge in [0.05, 0.1) is 0 Å². The molecule has 0 amide bonds. The molecule has 0 spiro atoms. The van der Waals surface area contributed by atoms with Gasteiger partial charge in [-0.05, 0) is 6.42 Å². The Labute approximate surface area is 67.0 Å². The van der Waals surface area contributed by atoms with Crippen molar-refractivity contribution in [3.63, 3.8) is 0 Å². The predicted molar refractivity (Wildman–Crippen MR) is 35.4 cm³/mol. The Morgan fingerprint density at radius 1 is 1.50 bits per heavy atom. The fourth-order valence-electron chi connectivity index (χ4n) is 0. The second-order valence-corrected chi connectivity index (χ2v) is 1.96. The van der Waals surface area contributed by atoms with Crippen LogP contribution in [0, 0.1) is 6.92 Å². The van der Waals surface area contributed by atoms with Gasteiger partial charge in [0.1, 0.15) is 4.84 Å². The third-order valence-electron chi connectivity index (χ3n) is 0.218. The Kier molecular flexibility index (Phi) is 11.2. The number of halogens is 2. The van der Waals surface area contributed by atoms with E-state index in [9.17, 15) is 0 Å². The van der Waals surface area contributed by atoms with Crippen molar-refractivity contribution in [1.29, 1.82) is 0 Å². The van der Waals surface area contributed by atoms with E-state index < -0.39 is 0 Å². The molecule has 0 aromatic carbocycles. The zero-order valence-corrected chi connectivity index (χ0v) is 4.26. The Morgan fingerprint density at radius 2 is 1.67 bits per heavy atom. The van der Waals surface area contributed by atoms with E-state index in [2.05, 4.69) is 6.92 Å². The molecule has 0 bridgehead atoms. The molecule has 3 heteroatoms. The zero-order chi connectivity index (χ0) is 4.28. The third kappa shape index (κ3) is 9.07. The van der Waals surface area contributed by atoms with E-state index in [-0.39, 0.29) is 30.7 Å². The van der Waals surface area contributed by atoms with Crippen LogP contribution in [0.2, 0.25) is 0 Å². The number of hydrogen-bond acceptors (Lipinski definition) is 0. The van der Waals surface area contributed by atoms with Crippen LogP contribution in [0.15, 0.2) is 0 Å². The Morgan fingerprint density at radius 3 is 1.67 bits per heavy atom. The van der Waals surface area contributed by atoms with Crippen molar-refractivity contribution in [1.82, 2.24) is 0 Å². The maximum absolute atomic E-state index is 5.17. The van der Waals surface area contributed by atoms with E-state index in [1.807, 2.05) is 0 Å². The molecule has 0 saturated carbocycles. The first-order valence-corrected chi connectivity index (χ1v) is 2.22. The van der Waals surface area contributed by atoms with Gasteiger partial charge >= 0.3 is 25.8 Å². The SMILES string of the molecule is [CH2]CC(Cl)Cl.[InH3]. The Balaban J connectivity index is 0. The molecule has 0 rings (SSSR count). The van der Waals surface area contributed by atoms with Crippen LogP contribution in [0.25, 0.3) is 0 Å². The van der Waals surface area contributed by atoms with Gasteiger partial charge in [0.2, 0.25) is 0 Å². The van der Waals surface area contributed by atoms with E-state index in [1.165, 1.54) is 0 Å². The summed E-state index contributed by atoms with van der Waals surface area (Å²) in [5, 5.41) is 0. The molecule has 0 aromatic rings. The van der Waals surface area contributed by atoms with Crippen LogP contribution >= 0.6 is 23.2 Å². The molecule has 0 aromatic heterocycles. The molecule has 37 valence electrons. The Hall–Kier alpha value is 1.45. The fraction of sp³-hybridized carbons (Fsp3) is 0.667. The van der Waals surface area contributed by atoms with Gasteiger partial charge in [-0.1, -0.05) is 6.92 Å². The minimum atomic E-state index is -0.282. The van der Waals surface area contributed by atoms with E-state index >= 15 is 0 Å². The van der Waals surface area contributed by atoms with Gasteiger partial charge in [0.25, 0.3) is 0 Å². The van der Waals surface area contributed by atoms with Gasteiger partial charge in [-0.15, -0.1) is 23.2 Å². The molecule has 0 unspecified atom stereocenters. The quantitative estimate of drug-likeness (QED) is 0.585. The van der Waals surface area contributed by atoms with Crippen molar-refractivity contribution in [2.45, 2.75) is 11.3 Å². The average Bonchev–Trinajstić information content (AvgIpc) is 1.38. The zero-order valence-electron chi connectivity index (χ0n) is 2.75. The van der Waals surface area contributed by atoms with Gasteiger partial charge in [-0.3, -0.25) is 0 Å². The molecule has 0 atom stereocenters. The van der Waals surface area contributed by atoms with Crippen molar-refractivity contribution in [2.75, 3.05) is 0 Å². The molecule has 0 fully saturated rings. The van der Waals surface area contributed by atoms with E-state index in [0.29, 0.717) is 6.42 Å². The second-order valence-electron chi connectivity index (χ2n) is 0.680. The minimum absolute atomic E-state index is 0. The summed E-state index contributed by atoms with van der Waals surface area (Å²) < 4.78 is 0. The number of rotatable bonds is 1. The van der Waals surface area contributed by atoms with Crippen LogP contribution in [0.4, 0.5) is 0 Å². The summed E-state index contributed by atoms with van der Waals surface area (Å²) in [5.41, 5.74) is 0. The summed E-state index contributed by atoms with van der Waals surface area (Å²) in [6.07, 6.45) is 0.586. The average molecular weight is 230 g/mol. The summed E-state index contributed by atoms with van der Waals surface area (Å²) in [5.74, 6) is 0. The van der Waals surface area contributed by atoms with Crippen LogP contribution in [-0.2, 0) is 0 Å². The summed E-state index contributed by atoms with van der Waals surface area (Å²) in [7, 11) is 0. The molecule has 0 N–H and O–H groups in total. The first-order valence-electron chi connectivity index (χ1n) is 1.34. The molecule has 1 radical (unpaired) electrons. The molecule has 0 aliphatic rings. The van der Waals surface area contributed by atoms with E-state index in [1.54, 1.807) is 0 Å². The van der Waals surface area contributed by atoms with E-state index in [4.69, 9.17) is 23.2 Å².